The van der Waals surface area contributed by atoms with Crippen LogP contribution in [-0.2, 0) is 19.2 Å². The van der Waals surface area contributed by atoms with E-state index in [1.807, 2.05) is 6.07 Å². The highest BCUT2D eigenvalue weighted by molar-refractivity contribution is 8.03. The summed E-state index contributed by atoms with van der Waals surface area (Å²) in [4.78, 5) is 47.3. The highest BCUT2D eigenvalue weighted by Crippen LogP contribution is 2.27. The molecular weight excluding hydrogens is 348 g/mol. The SMILES string of the molecule is O=C(O)CC(NC(=O)CN1C(=O)CSC=C1c1ccccc1)C(=O)O. The van der Waals surface area contributed by atoms with Crippen LogP contribution in [0.1, 0.15) is 12.0 Å². The van der Waals surface area contributed by atoms with Gasteiger partial charge in [-0.25, -0.2) is 4.79 Å². The van der Waals surface area contributed by atoms with E-state index in [0.717, 1.165) is 5.56 Å². The number of hydrogen-bond donors (Lipinski definition) is 3. The summed E-state index contributed by atoms with van der Waals surface area (Å²) in [6.45, 7) is -0.385. The summed E-state index contributed by atoms with van der Waals surface area (Å²) in [5.74, 6) is -3.65. The summed E-state index contributed by atoms with van der Waals surface area (Å²) in [7, 11) is 0. The van der Waals surface area contributed by atoms with Crippen LogP contribution in [0.25, 0.3) is 5.70 Å². The molecule has 1 aromatic carbocycles. The molecule has 1 heterocycles. The van der Waals surface area contributed by atoms with Crippen LogP contribution < -0.4 is 5.32 Å². The van der Waals surface area contributed by atoms with E-state index in [2.05, 4.69) is 5.32 Å². The van der Waals surface area contributed by atoms with E-state index >= 15 is 0 Å². The topological polar surface area (TPSA) is 124 Å². The second kappa shape index (κ2) is 8.34. The number of aliphatic carboxylic acids is 2. The van der Waals surface area contributed by atoms with Gasteiger partial charge in [0.15, 0.2) is 0 Å². The lowest BCUT2D eigenvalue weighted by molar-refractivity contribution is -0.147. The Bertz CT molecular complexity index is 719. The van der Waals surface area contributed by atoms with E-state index in [1.165, 1.54) is 16.7 Å². The van der Waals surface area contributed by atoms with Crippen LogP contribution in [0.4, 0.5) is 0 Å². The zero-order chi connectivity index (χ0) is 18.4. The van der Waals surface area contributed by atoms with Gasteiger partial charge >= 0.3 is 11.9 Å². The van der Waals surface area contributed by atoms with E-state index in [0.29, 0.717) is 5.70 Å². The van der Waals surface area contributed by atoms with Crippen molar-refractivity contribution in [3.63, 3.8) is 0 Å². The van der Waals surface area contributed by atoms with Crippen LogP contribution in [0.2, 0.25) is 0 Å². The van der Waals surface area contributed by atoms with Crippen LogP contribution in [-0.4, -0.2) is 57.2 Å². The van der Waals surface area contributed by atoms with E-state index < -0.39 is 30.3 Å². The maximum Gasteiger partial charge on any atom is 0.326 e. The van der Waals surface area contributed by atoms with E-state index in [4.69, 9.17) is 10.2 Å². The third kappa shape index (κ3) is 5.08. The monoisotopic (exact) mass is 364 g/mol. The molecule has 1 aliphatic rings. The Morgan fingerprint density at radius 1 is 1.20 bits per heavy atom. The molecule has 3 N–H and O–H groups in total. The predicted octanol–water partition coefficient (Wildman–Crippen LogP) is 0.604. The molecule has 0 radical (unpaired) electrons. The molecule has 2 amide bonds. The first-order valence-corrected chi connectivity index (χ1v) is 8.35. The second-order valence-electron chi connectivity index (χ2n) is 5.22. The van der Waals surface area contributed by atoms with Crippen molar-refractivity contribution in [2.24, 2.45) is 0 Å². The number of carbonyl (C=O) groups is 4. The molecule has 0 bridgehead atoms. The summed E-state index contributed by atoms with van der Waals surface area (Å²) in [6, 6.07) is 7.45. The standard InChI is InChI=1S/C16H16N2O6S/c19-13(17-11(16(23)24)6-15(21)22)7-18-12(8-25-9-14(18)20)10-4-2-1-3-5-10/h1-5,8,11H,6-7,9H2,(H,17,19)(H,21,22)(H,23,24). The molecule has 0 spiro atoms. The minimum Gasteiger partial charge on any atom is -0.481 e. The molecule has 25 heavy (non-hydrogen) atoms. The lowest BCUT2D eigenvalue weighted by Crippen LogP contribution is -2.48. The van der Waals surface area contributed by atoms with E-state index in [1.54, 1.807) is 29.7 Å². The lowest BCUT2D eigenvalue weighted by atomic mass is 10.1. The lowest BCUT2D eigenvalue weighted by Gasteiger charge is -2.28. The molecule has 132 valence electrons. The van der Waals surface area contributed by atoms with Crippen molar-refractivity contribution in [3.8, 4) is 0 Å². The summed E-state index contributed by atoms with van der Waals surface area (Å²) in [5, 5.41) is 21.6. The van der Waals surface area contributed by atoms with Crippen molar-refractivity contribution < 1.29 is 29.4 Å². The highest BCUT2D eigenvalue weighted by atomic mass is 32.2. The van der Waals surface area contributed by atoms with Gasteiger partial charge in [0, 0.05) is 0 Å². The van der Waals surface area contributed by atoms with Gasteiger partial charge in [-0.05, 0) is 11.0 Å². The van der Waals surface area contributed by atoms with Crippen molar-refractivity contribution in [1.29, 1.82) is 0 Å². The Balaban J connectivity index is 2.12. The van der Waals surface area contributed by atoms with Crippen molar-refractivity contribution in [2.45, 2.75) is 12.5 Å². The van der Waals surface area contributed by atoms with Crippen LogP contribution in [0.15, 0.2) is 35.7 Å². The number of thioether (sulfide) groups is 1. The molecule has 9 heteroatoms. The van der Waals surface area contributed by atoms with Gasteiger partial charge in [-0.15, -0.1) is 11.8 Å². The maximum atomic E-state index is 12.2. The Morgan fingerprint density at radius 2 is 1.88 bits per heavy atom. The van der Waals surface area contributed by atoms with Gasteiger partial charge in [0.05, 0.1) is 17.9 Å². The maximum absolute atomic E-state index is 12.2. The Morgan fingerprint density at radius 3 is 2.48 bits per heavy atom. The fourth-order valence-electron chi connectivity index (χ4n) is 2.23. The molecular formula is C16H16N2O6S. The smallest absolute Gasteiger partial charge is 0.326 e. The number of carboxylic acid groups (broad SMARTS) is 2. The summed E-state index contributed by atoms with van der Waals surface area (Å²) in [5.41, 5.74) is 1.29. The number of amides is 2. The van der Waals surface area contributed by atoms with Gasteiger partial charge in [-0.2, -0.15) is 0 Å². The third-order valence-electron chi connectivity index (χ3n) is 3.38. The van der Waals surface area contributed by atoms with Crippen LogP contribution >= 0.6 is 11.8 Å². The van der Waals surface area contributed by atoms with Crippen molar-refractivity contribution in [1.82, 2.24) is 10.2 Å². The Labute approximate surface area is 147 Å². The number of nitrogens with one attached hydrogen (secondary N) is 1. The average Bonchev–Trinajstić information content (AvgIpc) is 2.56. The second-order valence-corrected chi connectivity index (χ2v) is 6.07. The van der Waals surface area contributed by atoms with Crippen LogP contribution in [0.5, 0.6) is 0 Å². The largest absolute Gasteiger partial charge is 0.481 e. The zero-order valence-corrected chi connectivity index (χ0v) is 13.9. The van der Waals surface area contributed by atoms with Gasteiger partial charge in [-0.1, -0.05) is 30.3 Å². The number of carbonyl (C=O) groups excluding carboxylic acids is 2. The number of benzene rings is 1. The zero-order valence-electron chi connectivity index (χ0n) is 13.0. The van der Waals surface area contributed by atoms with Crippen molar-refractivity contribution in [2.75, 3.05) is 12.3 Å². The highest BCUT2D eigenvalue weighted by Gasteiger charge is 2.28. The molecule has 2 rings (SSSR count). The molecule has 1 aromatic rings. The van der Waals surface area contributed by atoms with Crippen molar-refractivity contribution in [3.05, 3.63) is 41.3 Å². The fraction of sp³-hybridized carbons (Fsp3) is 0.250. The molecule has 0 saturated carbocycles. The van der Waals surface area contributed by atoms with Gasteiger partial charge in [0.1, 0.15) is 12.6 Å². The van der Waals surface area contributed by atoms with E-state index in [-0.39, 0.29) is 18.2 Å². The van der Waals surface area contributed by atoms with Crippen molar-refractivity contribution >= 4 is 41.2 Å². The number of nitrogens with zero attached hydrogens (tertiary/aromatic N) is 1. The first-order valence-electron chi connectivity index (χ1n) is 7.30. The summed E-state index contributed by atoms with van der Waals surface area (Å²) in [6.07, 6.45) is -0.744. The first kappa shape index (κ1) is 18.5. The molecule has 1 atom stereocenters. The number of rotatable bonds is 7. The minimum atomic E-state index is -1.55. The molecule has 1 aliphatic heterocycles. The first-order chi connectivity index (χ1) is 11.9. The molecule has 0 saturated heterocycles. The van der Waals surface area contributed by atoms with E-state index in [9.17, 15) is 19.2 Å². The van der Waals surface area contributed by atoms with Gasteiger partial charge in [-0.3, -0.25) is 14.4 Å². The number of hydrogen-bond acceptors (Lipinski definition) is 5. The molecule has 1 unspecified atom stereocenters. The van der Waals surface area contributed by atoms with Gasteiger partial charge < -0.3 is 20.4 Å². The molecule has 0 fully saturated rings. The van der Waals surface area contributed by atoms with Gasteiger partial charge in [0.2, 0.25) is 11.8 Å². The fourth-order valence-corrected chi connectivity index (χ4v) is 3.04. The normalized spacial score (nSPS) is 15.3. The van der Waals surface area contributed by atoms with Crippen LogP contribution in [0, 0.1) is 0 Å². The summed E-state index contributed by atoms with van der Waals surface area (Å²) >= 11 is 1.31. The molecule has 8 nitrogen and oxygen atoms in total. The molecule has 0 aliphatic carbocycles. The Kier molecular flexibility index (Phi) is 6.18. The van der Waals surface area contributed by atoms with Gasteiger partial charge in [0.25, 0.3) is 0 Å². The minimum absolute atomic E-state index is 0.168. The average molecular weight is 364 g/mol. The number of carboxylic acids is 2. The van der Waals surface area contributed by atoms with Crippen LogP contribution in [0.3, 0.4) is 0 Å². The summed E-state index contributed by atoms with van der Waals surface area (Å²) < 4.78 is 0. The third-order valence-corrected chi connectivity index (χ3v) is 4.18. The Hall–Kier alpha value is -2.81. The predicted molar refractivity (Wildman–Crippen MR) is 90.4 cm³/mol. The quantitative estimate of drug-likeness (QED) is 0.647. The molecule has 0 aromatic heterocycles.